The first-order chi connectivity index (χ1) is 6.88. The molecular formula is C10H11BrF3N. The third-order valence-corrected chi connectivity index (χ3v) is 2.57. The van der Waals surface area contributed by atoms with Crippen molar-refractivity contribution in [1.29, 1.82) is 0 Å². The summed E-state index contributed by atoms with van der Waals surface area (Å²) in [7, 11) is 0. The average molecular weight is 282 g/mol. The number of nitrogens with two attached hydrogens (primary N) is 1. The molecule has 84 valence electrons. The molecular weight excluding hydrogens is 271 g/mol. The summed E-state index contributed by atoms with van der Waals surface area (Å²) < 4.78 is 36.7. The molecule has 0 heterocycles. The minimum atomic E-state index is -4.13. The molecule has 0 fully saturated rings. The zero-order chi connectivity index (χ0) is 11.5. The molecule has 1 aromatic rings. The minimum Gasteiger partial charge on any atom is -0.324 e. The van der Waals surface area contributed by atoms with Gasteiger partial charge < -0.3 is 5.73 Å². The second-order valence-electron chi connectivity index (χ2n) is 3.31. The van der Waals surface area contributed by atoms with Crippen molar-refractivity contribution in [2.75, 3.05) is 0 Å². The molecule has 0 saturated heterocycles. The van der Waals surface area contributed by atoms with Gasteiger partial charge in [-0.3, -0.25) is 0 Å². The lowest BCUT2D eigenvalue weighted by Crippen LogP contribution is -2.15. The standard InChI is InChI=1S/C10H11BrF3N/c11-8-3-1-7(2-4-8)9(15)5-6-10(12,13)14/h1-4,9H,5-6,15H2/t9-/m1/s1. The fraction of sp³-hybridized carbons (Fsp3) is 0.400. The Bertz CT molecular complexity index is 307. The molecule has 1 atom stereocenters. The second-order valence-corrected chi connectivity index (χ2v) is 4.23. The van der Waals surface area contributed by atoms with E-state index in [2.05, 4.69) is 15.9 Å². The molecule has 5 heteroatoms. The Labute approximate surface area is 94.6 Å². The van der Waals surface area contributed by atoms with Crippen molar-refractivity contribution in [3.63, 3.8) is 0 Å². The summed E-state index contributed by atoms with van der Waals surface area (Å²) in [6.07, 6.45) is -5.05. The minimum absolute atomic E-state index is 0.0782. The molecule has 0 aliphatic heterocycles. The van der Waals surface area contributed by atoms with Crippen LogP contribution in [-0.4, -0.2) is 6.18 Å². The van der Waals surface area contributed by atoms with Crippen molar-refractivity contribution in [3.8, 4) is 0 Å². The summed E-state index contributed by atoms with van der Waals surface area (Å²) in [5.41, 5.74) is 6.36. The van der Waals surface area contributed by atoms with Gasteiger partial charge in [0.1, 0.15) is 0 Å². The van der Waals surface area contributed by atoms with E-state index in [0.29, 0.717) is 0 Å². The van der Waals surface area contributed by atoms with Gasteiger partial charge in [0.15, 0.2) is 0 Å². The van der Waals surface area contributed by atoms with Gasteiger partial charge in [-0.25, -0.2) is 0 Å². The van der Waals surface area contributed by atoms with Gasteiger partial charge in [0, 0.05) is 16.9 Å². The van der Waals surface area contributed by atoms with Crippen molar-refractivity contribution in [2.24, 2.45) is 5.73 Å². The molecule has 0 aliphatic rings. The van der Waals surface area contributed by atoms with Crippen LogP contribution >= 0.6 is 15.9 Å². The summed E-state index contributed by atoms with van der Waals surface area (Å²) in [6.45, 7) is 0. The highest BCUT2D eigenvalue weighted by molar-refractivity contribution is 9.10. The Morgan fingerprint density at radius 1 is 1.20 bits per heavy atom. The Morgan fingerprint density at radius 3 is 2.20 bits per heavy atom. The first kappa shape index (κ1) is 12.5. The highest BCUT2D eigenvalue weighted by atomic mass is 79.9. The van der Waals surface area contributed by atoms with E-state index in [-0.39, 0.29) is 6.42 Å². The molecule has 0 aliphatic carbocycles. The van der Waals surface area contributed by atoms with E-state index in [9.17, 15) is 13.2 Å². The van der Waals surface area contributed by atoms with Crippen LogP contribution in [0.2, 0.25) is 0 Å². The van der Waals surface area contributed by atoms with Gasteiger partial charge in [0.05, 0.1) is 0 Å². The number of rotatable bonds is 3. The molecule has 1 rings (SSSR count). The average Bonchev–Trinajstić information content (AvgIpc) is 2.14. The fourth-order valence-electron chi connectivity index (χ4n) is 1.20. The third-order valence-electron chi connectivity index (χ3n) is 2.04. The predicted molar refractivity (Wildman–Crippen MR) is 56.4 cm³/mol. The van der Waals surface area contributed by atoms with Crippen LogP contribution in [0.25, 0.3) is 0 Å². The third kappa shape index (κ3) is 4.66. The molecule has 0 radical (unpaired) electrons. The van der Waals surface area contributed by atoms with Crippen LogP contribution in [0, 0.1) is 0 Å². The van der Waals surface area contributed by atoms with E-state index in [4.69, 9.17) is 5.73 Å². The lowest BCUT2D eigenvalue weighted by Gasteiger charge is -2.13. The molecule has 0 aromatic heterocycles. The number of hydrogen-bond acceptors (Lipinski definition) is 1. The van der Waals surface area contributed by atoms with E-state index < -0.39 is 18.6 Å². The van der Waals surface area contributed by atoms with Crippen LogP contribution in [-0.2, 0) is 0 Å². The van der Waals surface area contributed by atoms with Gasteiger partial charge in [-0.05, 0) is 24.1 Å². The molecule has 0 bridgehead atoms. The first-order valence-corrected chi connectivity index (χ1v) is 5.25. The SMILES string of the molecule is N[C@H](CCC(F)(F)F)c1ccc(Br)cc1. The maximum atomic E-state index is 11.9. The summed E-state index contributed by atoms with van der Waals surface area (Å²) in [6, 6.07) is 6.43. The van der Waals surface area contributed by atoms with Crippen LogP contribution in [0.4, 0.5) is 13.2 Å². The van der Waals surface area contributed by atoms with E-state index in [1.54, 1.807) is 24.3 Å². The van der Waals surface area contributed by atoms with Crippen LogP contribution in [0.3, 0.4) is 0 Å². The van der Waals surface area contributed by atoms with Crippen LogP contribution in [0.15, 0.2) is 28.7 Å². The van der Waals surface area contributed by atoms with Gasteiger partial charge in [-0.1, -0.05) is 28.1 Å². The van der Waals surface area contributed by atoms with Crippen LogP contribution in [0.1, 0.15) is 24.4 Å². The second kappa shape index (κ2) is 4.99. The number of hydrogen-bond donors (Lipinski definition) is 1. The Hall–Kier alpha value is -0.550. The quantitative estimate of drug-likeness (QED) is 0.896. The van der Waals surface area contributed by atoms with Gasteiger partial charge in [0.25, 0.3) is 0 Å². The highest BCUT2D eigenvalue weighted by Gasteiger charge is 2.27. The first-order valence-electron chi connectivity index (χ1n) is 4.46. The molecule has 0 unspecified atom stereocenters. The molecule has 0 spiro atoms. The van der Waals surface area contributed by atoms with E-state index in [0.717, 1.165) is 10.0 Å². The van der Waals surface area contributed by atoms with Crippen molar-refractivity contribution in [1.82, 2.24) is 0 Å². The van der Waals surface area contributed by atoms with E-state index in [1.807, 2.05) is 0 Å². The van der Waals surface area contributed by atoms with Crippen molar-refractivity contribution < 1.29 is 13.2 Å². The van der Waals surface area contributed by atoms with Crippen LogP contribution in [0.5, 0.6) is 0 Å². The van der Waals surface area contributed by atoms with Crippen LogP contribution < -0.4 is 5.73 Å². The predicted octanol–water partition coefficient (Wildman–Crippen LogP) is 3.79. The smallest absolute Gasteiger partial charge is 0.324 e. The van der Waals surface area contributed by atoms with Gasteiger partial charge in [-0.2, -0.15) is 13.2 Å². The van der Waals surface area contributed by atoms with Gasteiger partial charge in [-0.15, -0.1) is 0 Å². The summed E-state index contributed by atoms with van der Waals surface area (Å²) >= 11 is 3.24. The van der Waals surface area contributed by atoms with E-state index >= 15 is 0 Å². The Kier molecular flexibility index (Phi) is 4.16. The Morgan fingerprint density at radius 2 is 1.73 bits per heavy atom. The monoisotopic (exact) mass is 281 g/mol. The molecule has 2 N–H and O–H groups in total. The molecule has 0 amide bonds. The zero-order valence-corrected chi connectivity index (χ0v) is 9.48. The summed E-state index contributed by atoms with van der Waals surface area (Å²) in [5, 5.41) is 0. The molecule has 15 heavy (non-hydrogen) atoms. The molecule has 1 aromatic carbocycles. The fourth-order valence-corrected chi connectivity index (χ4v) is 1.46. The van der Waals surface area contributed by atoms with Crippen molar-refractivity contribution in [2.45, 2.75) is 25.1 Å². The summed E-state index contributed by atoms with van der Waals surface area (Å²) in [5.74, 6) is 0. The molecule has 0 saturated carbocycles. The maximum absolute atomic E-state index is 11.9. The lowest BCUT2D eigenvalue weighted by atomic mass is 10.0. The lowest BCUT2D eigenvalue weighted by molar-refractivity contribution is -0.136. The van der Waals surface area contributed by atoms with Gasteiger partial charge in [0.2, 0.25) is 0 Å². The maximum Gasteiger partial charge on any atom is 0.389 e. The van der Waals surface area contributed by atoms with Crippen molar-refractivity contribution >= 4 is 15.9 Å². The zero-order valence-electron chi connectivity index (χ0n) is 7.89. The number of halogens is 4. The number of alkyl halides is 3. The topological polar surface area (TPSA) is 26.0 Å². The largest absolute Gasteiger partial charge is 0.389 e. The summed E-state index contributed by atoms with van der Waals surface area (Å²) in [4.78, 5) is 0. The van der Waals surface area contributed by atoms with E-state index in [1.165, 1.54) is 0 Å². The van der Waals surface area contributed by atoms with Gasteiger partial charge >= 0.3 is 6.18 Å². The number of benzene rings is 1. The Balaban J connectivity index is 2.54. The normalized spacial score (nSPS) is 13.9. The molecule has 1 nitrogen and oxygen atoms in total. The van der Waals surface area contributed by atoms with Crippen molar-refractivity contribution in [3.05, 3.63) is 34.3 Å². The highest BCUT2D eigenvalue weighted by Crippen LogP contribution is 2.26.